The zero-order valence-electron chi connectivity index (χ0n) is 9.29. The average molecular weight is 202 g/mol. The summed E-state index contributed by atoms with van der Waals surface area (Å²) in [5, 5.41) is 9.49. The Kier molecular flexibility index (Phi) is 8.64. The highest BCUT2D eigenvalue weighted by Gasteiger charge is 2.04. The predicted molar refractivity (Wildman–Crippen MR) is 56.0 cm³/mol. The van der Waals surface area contributed by atoms with Gasteiger partial charge in [-0.25, -0.2) is 0 Å². The number of rotatable bonds is 8. The molecule has 0 rings (SSSR count). The first-order valence-corrected chi connectivity index (χ1v) is 5.45. The maximum Gasteiger partial charge on any atom is 0.305 e. The highest BCUT2D eigenvalue weighted by Crippen LogP contribution is 2.09. The van der Waals surface area contributed by atoms with Crippen molar-refractivity contribution in [3.63, 3.8) is 0 Å². The molecule has 0 bridgehead atoms. The second-order valence-corrected chi connectivity index (χ2v) is 3.62. The van der Waals surface area contributed by atoms with Gasteiger partial charge >= 0.3 is 5.97 Å². The van der Waals surface area contributed by atoms with Crippen molar-refractivity contribution >= 4 is 5.97 Å². The van der Waals surface area contributed by atoms with Gasteiger partial charge in [0.05, 0.1) is 13.2 Å². The molecule has 14 heavy (non-hydrogen) atoms. The van der Waals surface area contributed by atoms with Gasteiger partial charge in [-0.15, -0.1) is 0 Å². The molecule has 1 atom stereocenters. The number of esters is 1. The van der Waals surface area contributed by atoms with Crippen LogP contribution in [0.2, 0.25) is 0 Å². The van der Waals surface area contributed by atoms with Gasteiger partial charge in [0.1, 0.15) is 0 Å². The molecule has 3 nitrogen and oxygen atoms in total. The molecule has 1 unspecified atom stereocenters. The number of aliphatic hydroxyl groups excluding tert-OH is 1. The number of methoxy groups -OCH3 is 1. The van der Waals surface area contributed by atoms with Gasteiger partial charge < -0.3 is 9.84 Å². The average Bonchev–Trinajstić information content (AvgIpc) is 2.21. The fourth-order valence-electron chi connectivity index (χ4n) is 1.34. The maximum atomic E-state index is 10.7. The molecule has 0 radical (unpaired) electrons. The molecule has 0 aliphatic carbocycles. The third-order valence-electron chi connectivity index (χ3n) is 2.29. The van der Waals surface area contributed by atoms with E-state index in [1.807, 2.05) is 0 Å². The van der Waals surface area contributed by atoms with Crippen LogP contribution in [0.5, 0.6) is 0 Å². The first kappa shape index (κ1) is 13.4. The van der Waals surface area contributed by atoms with Crippen molar-refractivity contribution in [2.24, 2.45) is 0 Å². The minimum Gasteiger partial charge on any atom is -0.469 e. The van der Waals surface area contributed by atoms with Gasteiger partial charge in [-0.1, -0.05) is 26.2 Å². The maximum absolute atomic E-state index is 10.7. The van der Waals surface area contributed by atoms with E-state index in [1.165, 1.54) is 7.11 Å². The summed E-state index contributed by atoms with van der Waals surface area (Å²) in [6.45, 7) is 2.12. The molecule has 0 aromatic rings. The summed E-state index contributed by atoms with van der Waals surface area (Å²) in [5.74, 6) is -0.159. The van der Waals surface area contributed by atoms with Crippen LogP contribution < -0.4 is 0 Å². The Balaban J connectivity index is 3.22. The van der Waals surface area contributed by atoms with E-state index in [1.54, 1.807) is 0 Å². The highest BCUT2D eigenvalue weighted by atomic mass is 16.5. The molecule has 0 saturated heterocycles. The lowest BCUT2D eigenvalue weighted by Crippen LogP contribution is -2.06. The topological polar surface area (TPSA) is 46.5 Å². The Morgan fingerprint density at radius 2 is 1.93 bits per heavy atom. The van der Waals surface area contributed by atoms with E-state index in [0.717, 1.165) is 38.5 Å². The lowest BCUT2D eigenvalue weighted by molar-refractivity contribution is -0.140. The minimum atomic E-state index is -0.187. The third-order valence-corrected chi connectivity index (χ3v) is 2.29. The Hall–Kier alpha value is -0.570. The first-order chi connectivity index (χ1) is 6.70. The van der Waals surface area contributed by atoms with Crippen LogP contribution in [0.15, 0.2) is 0 Å². The molecule has 0 aromatic heterocycles. The number of carbonyl (C=O) groups excluding carboxylic acids is 1. The Labute approximate surface area is 86.5 Å². The summed E-state index contributed by atoms with van der Waals surface area (Å²) in [5.41, 5.74) is 0. The van der Waals surface area contributed by atoms with Crippen LogP contribution in [-0.4, -0.2) is 24.3 Å². The number of hydrogen-bond donors (Lipinski definition) is 1. The van der Waals surface area contributed by atoms with Crippen molar-refractivity contribution in [1.29, 1.82) is 0 Å². The molecular formula is C11H22O3. The molecular weight excluding hydrogens is 180 g/mol. The van der Waals surface area contributed by atoms with Gasteiger partial charge in [0, 0.05) is 6.42 Å². The van der Waals surface area contributed by atoms with Crippen LogP contribution in [0, 0.1) is 0 Å². The molecule has 84 valence electrons. The van der Waals surface area contributed by atoms with E-state index in [-0.39, 0.29) is 12.1 Å². The smallest absolute Gasteiger partial charge is 0.305 e. The molecule has 0 spiro atoms. The lowest BCUT2D eigenvalue weighted by Gasteiger charge is -2.08. The van der Waals surface area contributed by atoms with E-state index in [4.69, 9.17) is 0 Å². The van der Waals surface area contributed by atoms with E-state index in [9.17, 15) is 9.90 Å². The quantitative estimate of drug-likeness (QED) is 0.485. The molecule has 0 aliphatic rings. The number of carbonyl (C=O) groups is 1. The number of unbranched alkanes of at least 4 members (excludes halogenated alkanes) is 2. The highest BCUT2D eigenvalue weighted by molar-refractivity contribution is 5.68. The summed E-state index contributed by atoms with van der Waals surface area (Å²) in [7, 11) is 1.40. The Bertz CT molecular complexity index is 145. The van der Waals surface area contributed by atoms with Gasteiger partial charge in [0.2, 0.25) is 0 Å². The van der Waals surface area contributed by atoms with Gasteiger partial charge in [-0.3, -0.25) is 4.79 Å². The third kappa shape index (κ3) is 8.05. The zero-order valence-corrected chi connectivity index (χ0v) is 9.29. The van der Waals surface area contributed by atoms with E-state index in [0.29, 0.717) is 6.42 Å². The normalized spacial score (nSPS) is 12.5. The van der Waals surface area contributed by atoms with Crippen LogP contribution in [0.25, 0.3) is 0 Å². The summed E-state index contributed by atoms with van der Waals surface area (Å²) >= 11 is 0. The minimum absolute atomic E-state index is 0.159. The van der Waals surface area contributed by atoms with Gasteiger partial charge in [0.15, 0.2) is 0 Å². The fraction of sp³-hybridized carbons (Fsp3) is 0.909. The Morgan fingerprint density at radius 3 is 2.50 bits per heavy atom. The van der Waals surface area contributed by atoms with Crippen molar-refractivity contribution in [3.8, 4) is 0 Å². The predicted octanol–water partition coefficient (Wildman–Crippen LogP) is 2.27. The molecule has 3 heteroatoms. The van der Waals surface area contributed by atoms with Gasteiger partial charge in [-0.2, -0.15) is 0 Å². The van der Waals surface area contributed by atoms with Crippen LogP contribution in [-0.2, 0) is 9.53 Å². The standard InChI is InChI=1S/C11H22O3/c1-3-4-7-10(12)8-5-6-9-11(13)14-2/h10,12H,3-9H2,1-2H3. The van der Waals surface area contributed by atoms with E-state index >= 15 is 0 Å². The Morgan fingerprint density at radius 1 is 1.29 bits per heavy atom. The van der Waals surface area contributed by atoms with Crippen LogP contribution >= 0.6 is 0 Å². The molecule has 0 fully saturated rings. The SMILES string of the molecule is CCCCC(O)CCCCC(=O)OC. The summed E-state index contributed by atoms with van der Waals surface area (Å²) in [4.78, 5) is 10.7. The van der Waals surface area contributed by atoms with Crippen molar-refractivity contribution in [1.82, 2.24) is 0 Å². The van der Waals surface area contributed by atoms with Crippen LogP contribution in [0.4, 0.5) is 0 Å². The molecule has 0 aliphatic heterocycles. The second-order valence-electron chi connectivity index (χ2n) is 3.62. The number of hydrogen-bond acceptors (Lipinski definition) is 3. The van der Waals surface area contributed by atoms with E-state index < -0.39 is 0 Å². The largest absolute Gasteiger partial charge is 0.469 e. The zero-order chi connectivity index (χ0) is 10.8. The molecule has 0 heterocycles. The summed E-state index contributed by atoms with van der Waals surface area (Å²) in [6, 6.07) is 0. The lowest BCUT2D eigenvalue weighted by atomic mass is 10.1. The summed E-state index contributed by atoms with van der Waals surface area (Å²) in [6.07, 6.45) is 5.89. The second kappa shape index (κ2) is 9.00. The van der Waals surface area contributed by atoms with Crippen molar-refractivity contribution in [3.05, 3.63) is 0 Å². The first-order valence-electron chi connectivity index (χ1n) is 5.45. The molecule has 0 amide bonds. The van der Waals surface area contributed by atoms with E-state index in [2.05, 4.69) is 11.7 Å². The van der Waals surface area contributed by atoms with Crippen molar-refractivity contribution < 1.29 is 14.6 Å². The number of aliphatic hydroxyl groups is 1. The molecule has 0 saturated carbocycles. The van der Waals surface area contributed by atoms with Gasteiger partial charge in [0.25, 0.3) is 0 Å². The monoisotopic (exact) mass is 202 g/mol. The number of ether oxygens (including phenoxy) is 1. The van der Waals surface area contributed by atoms with Gasteiger partial charge in [-0.05, 0) is 19.3 Å². The fourth-order valence-corrected chi connectivity index (χ4v) is 1.34. The van der Waals surface area contributed by atoms with Crippen LogP contribution in [0.3, 0.4) is 0 Å². The van der Waals surface area contributed by atoms with Crippen LogP contribution in [0.1, 0.15) is 51.9 Å². The molecule has 1 N–H and O–H groups in total. The molecule has 0 aromatic carbocycles. The van der Waals surface area contributed by atoms with Crippen molar-refractivity contribution in [2.45, 2.75) is 58.0 Å². The van der Waals surface area contributed by atoms with Crippen molar-refractivity contribution in [2.75, 3.05) is 7.11 Å². The summed E-state index contributed by atoms with van der Waals surface area (Å²) < 4.78 is 4.52.